The molecule has 1 aliphatic rings. The predicted molar refractivity (Wildman–Crippen MR) is 68.4 cm³/mol. The molecule has 1 atom stereocenters. The Morgan fingerprint density at radius 2 is 2.44 bits per heavy atom. The number of methoxy groups -OCH3 is 1. The van der Waals surface area contributed by atoms with Crippen molar-refractivity contribution in [2.45, 2.75) is 19.4 Å². The lowest BCUT2D eigenvalue weighted by atomic mass is 10.3. The number of nitrogens with zero attached hydrogens (tertiary/aromatic N) is 3. The Morgan fingerprint density at radius 3 is 3.00 bits per heavy atom. The Kier molecular flexibility index (Phi) is 3.98. The molecule has 6 nitrogen and oxygen atoms in total. The van der Waals surface area contributed by atoms with Gasteiger partial charge in [0.25, 0.3) is 0 Å². The Hall–Kier alpha value is -1.40. The molecule has 2 heterocycles. The number of anilines is 1. The van der Waals surface area contributed by atoms with E-state index in [2.05, 4.69) is 15.3 Å². The van der Waals surface area contributed by atoms with Crippen LogP contribution in [0.25, 0.3) is 0 Å². The van der Waals surface area contributed by atoms with Gasteiger partial charge in [-0.15, -0.1) is 0 Å². The second kappa shape index (κ2) is 5.49. The number of nitrogens with one attached hydrogen (secondary N) is 1. The lowest BCUT2D eigenvalue weighted by Gasteiger charge is -2.14. The molecular weight excluding hydrogens is 232 g/mol. The molecule has 1 aromatic heterocycles. The van der Waals surface area contributed by atoms with Crippen LogP contribution in [0.15, 0.2) is 6.20 Å². The molecular formula is C12H20N4O2. The molecule has 0 aromatic carbocycles. The summed E-state index contributed by atoms with van der Waals surface area (Å²) in [4.78, 5) is 14.0. The van der Waals surface area contributed by atoms with Gasteiger partial charge in [-0.05, 0) is 13.3 Å². The molecule has 0 unspecified atom stereocenters. The first-order chi connectivity index (χ1) is 8.58. The van der Waals surface area contributed by atoms with Gasteiger partial charge >= 0.3 is 0 Å². The summed E-state index contributed by atoms with van der Waals surface area (Å²) in [5.74, 6) is 0.00264. The van der Waals surface area contributed by atoms with Gasteiger partial charge in [0.15, 0.2) is 0 Å². The van der Waals surface area contributed by atoms with Crippen molar-refractivity contribution < 1.29 is 9.53 Å². The summed E-state index contributed by atoms with van der Waals surface area (Å²) in [6.07, 6.45) is 3.07. The van der Waals surface area contributed by atoms with Crippen LogP contribution in [0, 0.1) is 6.92 Å². The Bertz CT molecular complexity index is 430. The van der Waals surface area contributed by atoms with Gasteiger partial charge in [-0.25, -0.2) is 0 Å². The highest BCUT2D eigenvalue weighted by molar-refractivity contribution is 5.92. The SMILES string of the molecule is CO[C@H]1CCN(CC(=O)Nc2cn(C)nc2C)C1. The van der Waals surface area contributed by atoms with Crippen LogP contribution in [0.5, 0.6) is 0 Å². The van der Waals surface area contributed by atoms with E-state index >= 15 is 0 Å². The maximum absolute atomic E-state index is 11.9. The molecule has 0 radical (unpaired) electrons. The molecule has 0 aliphatic carbocycles. The fourth-order valence-electron chi connectivity index (χ4n) is 2.25. The topological polar surface area (TPSA) is 59.4 Å². The minimum absolute atomic E-state index is 0.00264. The van der Waals surface area contributed by atoms with E-state index in [1.54, 1.807) is 11.8 Å². The zero-order chi connectivity index (χ0) is 13.1. The molecule has 0 saturated carbocycles. The number of likely N-dealkylation sites (tertiary alicyclic amines) is 1. The van der Waals surface area contributed by atoms with Gasteiger partial charge in [-0.3, -0.25) is 14.4 Å². The number of aromatic nitrogens is 2. The third kappa shape index (κ3) is 3.08. The zero-order valence-corrected chi connectivity index (χ0v) is 11.1. The number of hydrogen-bond donors (Lipinski definition) is 1. The molecule has 1 aromatic rings. The van der Waals surface area contributed by atoms with Crippen LogP contribution in [0.2, 0.25) is 0 Å². The molecule has 1 amide bonds. The van der Waals surface area contributed by atoms with Gasteiger partial charge in [0, 0.05) is 33.4 Å². The molecule has 2 rings (SSSR count). The maximum Gasteiger partial charge on any atom is 0.238 e. The molecule has 18 heavy (non-hydrogen) atoms. The van der Waals surface area contributed by atoms with E-state index in [0.717, 1.165) is 30.9 Å². The van der Waals surface area contributed by atoms with Crippen LogP contribution in [-0.2, 0) is 16.6 Å². The number of ether oxygens (including phenoxy) is 1. The van der Waals surface area contributed by atoms with Crippen LogP contribution in [0.4, 0.5) is 5.69 Å². The summed E-state index contributed by atoms with van der Waals surface area (Å²) >= 11 is 0. The summed E-state index contributed by atoms with van der Waals surface area (Å²) in [5.41, 5.74) is 1.62. The van der Waals surface area contributed by atoms with Crippen molar-refractivity contribution in [2.75, 3.05) is 32.1 Å². The minimum Gasteiger partial charge on any atom is -0.380 e. The van der Waals surface area contributed by atoms with Crippen molar-refractivity contribution in [1.29, 1.82) is 0 Å². The van der Waals surface area contributed by atoms with E-state index in [-0.39, 0.29) is 12.0 Å². The van der Waals surface area contributed by atoms with Gasteiger partial charge in [0.1, 0.15) is 0 Å². The fourth-order valence-corrected chi connectivity index (χ4v) is 2.25. The second-order valence-electron chi connectivity index (χ2n) is 4.73. The zero-order valence-electron chi connectivity index (χ0n) is 11.1. The molecule has 0 spiro atoms. The first-order valence-electron chi connectivity index (χ1n) is 6.13. The second-order valence-corrected chi connectivity index (χ2v) is 4.73. The highest BCUT2D eigenvalue weighted by Gasteiger charge is 2.23. The summed E-state index contributed by atoms with van der Waals surface area (Å²) in [5, 5.41) is 7.08. The molecule has 1 saturated heterocycles. The summed E-state index contributed by atoms with van der Waals surface area (Å²) < 4.78 is 6.97. The molecule has 100 valence electrons. The normalized spacial score (nSPS) is 20.3. The number of carbonyl (C=O) groups excluding carboxylic acids is 1. The van der Waals surface area contributed by atoms with Crippen molar-refractivity contribution in [3.8, 4) is 0 Å². The Labute approximate surface area is 107 Å². The van der Waals surface area contributed by atoms with Crippen LogP contribution >= 0.6 is 0 Å². The van der Waals surface area contributed by atoms with E-state index < -0.39 is 0 Å². The molecule has 1 aliphatic heterocycles. The molecule has 0 bridgehead atoms. The van der Waals surface area contributed by atoms with E-state index in [4.69, 9.17) is 4.74 Å². The third-order valence-corrected chi connectivity index (χ3v) is 3.22. The van der Waals surface area contributed by atoms with E-state index in [1.807, 2.05) is 20.2 Å². The summed E-state index contributed by atoms with van der Waals surface area (Å²) in [6, 6.07) is 0. The number of hydrogen-bond acceptors (Lipinski definition) is 4. The van der Waals surface area contributed by atoms with Crippen molar-refractivity contribution in [3.05, 3.63) is 11.9 Å². The Balaban J connectivity index is 1.84. The standard InChI is InChI=1S/C12H20N4O2/c1-9-11(7-15(2)14-9)13-12(17)8-16-5-4-10(6-16)18-3/h7,10H,4-6,8H2,1-3H3,(H,13,17)/t10-/m0/s1. The van der Waals surface area contributed by atoms with Gasteiger partial charge in [-0.2, -0.15) is 5.10 Å². The van der Waals surface area contributed by atoms with Gasteiger partial charge < -0.3 is 10.1 Å². The average molecular weight is 252 g/mol. The van der Waals surface area contributed by atoms with Crippen LogP contribution < -0.4 is 5.32 Å². The van der Waals surface area contributed by atoms with Gasteiger partial charge in [-0.1, -0.05) is 0 Å². The van der Waals surface area contributed by atoms with Gasteiger partial charge in [0.05, 0.1) is 24.0 Å². The number of carbonyl (C=O) groups is 1. The fraction of sp³-hybridized carbons (Fsp3) is 0.667. The summed E-state index contributed by atoms with van der Waals surface area (Å²) in [6.45, 7) is 4.04. The highest BCUT2D eigenvalue weighted by Crippen LogP contribution is 2.13. The van der Waals surface area contributed by atoms with Crippen LogP contribution in [-0.4, -0.2) is 53.4 Å². The van der Waals surface area contributed by atoms with Crippen LogP contribution in [0.1, 0.15) is 12.1 Å². The maximum atomic E-state index is 11.9. The smallest absolute Gasteiger partial charge is 0.238 e. The van der Waals surface area contributed by atoms with E-state index in [0.29, 0.717) is 6.54 Å². The van der Waals surface area contributed by atoms with Gasteiger partial charge in [0.2, 0.25) is 5.91 Å². The first-order valence-corrected chi connectivity index (χ1v) is 6.13. The van der Waals surface area contributed by atoms with Crippen LogP contribution in [0.3, 0.4) is 0 Å². The number of rotatable bonds is 4. The van der Waals surface area contributed by atoms with E-state index in [1.165, 1.54) is 0 Å². The first kappa shape index (κ1) is 13.0. The average Bonchev–Trinajstić information content (AvgIpc) is 2.86. The lowest BCUT2D eigenvalue weighted by Crippen LogP contribution is -2.32. The molecule has 1 N–H and O–H groups in total. The number of amides is 1. The monoisotopic (exact) mass is 252 g/mol. The quantitative estimate of drug-likeness (QED) is 0.842. The third-order valence-electron chi connectivity index (χ3n) is 3.22. The molecule has 1 fully saturated rings. The van der Waals surface area contributed by atoms with E-state index in [9.17, 15) is 4.79 Å². The minimum atomic E-state index is 0.00264. The van der Waals surface area contributed by atoms with Crippen molar-refractivity contribution >= 4 is 11.6 Å². The summed E-state index contributed by atoms with van der Waals surface area (Å²) in [7, 11) is 3.56. The largest absolute Gasteiger partial charge is 0.380 e. The number of aryl methyl sites for hydroxylation is 2. The van der Waals surface area contributed by atoms with Crippen molar-refractivity contribution in [3.63, 3.8) is 0 Å². The predicted octanol–water partition coefficient (Wildman–Crippen LogP) is 0.388. The van der Waals surface area contributed by atoms with Crippen molar-refractivity contribution in [1.82, 2.24) is 14.7 Å². The highest BCUT2D eigenvalue weighted by atomic mass is 16.5. The molecule has 6 heteroatoms. The van der Waals surface area contributed by atoms with Crippen molar-refractivity contribution in [2.24, 2.45) is 7.05 Å². The lowest BCUT2D eigenvalue weighted by molar-refractivity contribution is -0.117. The Morgan fingerprint density at radius 1 is 1.67 bits per heavy atom.